The topological polar surface area (TPSA) is 81.2 Å². The van der Waals surface area contributed by atoms with E-state index in [4.69, 9.17) is 16.3 Å². The largest absolute Gasteiger partial charge is 0.480 e. The molecule has 0 fully saturated rings. The third-order valence-electron chi connectivity index (χ3n) is 5.00. The normalized spacial score (nSPS) is 11.4. The van der Waals surface area contributed by atoms with E-state index in [2.05, 4.69) is 15.3 Å². The number of nitrogens with one attached hydrogen (secondary N) is 1. The lowest BCUT2D eigenvalue weighted by Gasteiger charge is -2.11. The minimum Gasteiger partial charge on any atom is -0.480 e. The Hall–Kier alpha value is -4.05. The Morgan fingerprint density at radius 2 is 1.71 bits per heavy atom. The molecule has 4 aromatic rings. The van der Waals surface area contributed by atoms with E-state index in [0.29, 0.717) is 17.1 Å². The van der Waals surface area contributed by atoms with E-state index < -0.39 is 34.3 Å². The highest BCUT2D eigenvalue weighted by Crippen LogP contribution is 2.35. The summed E-state index contributed by atoms with van der Waals surface area (Å²) >= 11 is 5.67. The Balaban J connectivity index is 1.60. The van der Waals surface area contributed by atoms with Crippen LogP contribution in [0.25, 0.3) is 11.0 Å². The van der Waals surface area contributed by atoms with E-state index >= 15 is 0 Å². The summed E-state index contributed by atoms with van der Waals surface area (Å²) in [5, 5.41) is 1.78. The zero-order valence-corrected chi connectivity index (χ0v) is 18.5. The maximum Gasteiger partial charge on any atom is 0.417 e. The van der Waals surface area contributed by atoms with Crippen molar-refractivity contribution in [3.8, 4) is 5.88 Å². The van der Waals surface area contributed by atoms with Gasteiger partial charge in [-0.15, -0.1) is 0 Å². The van der Waals surface area contributed by atoms with Gasteiger partial charge in [-0.3, -0.25) is 9.59 Å². The molecular formula is C24H14ClF4N3O3. The van der Waals surface area contributed by atoms with Gasteiger partial charge >= 0.3 is 6.18 Å². The monoisotopic (exact) mass is 503 g/mol. The lowest BCUT2D eigenvalue weighted by Crippen LogP contribution is -2.14. The molecule has 0 bridgehead atoms. The molecule has 0 radical (unpaired) electrons. The van der Waals surface area contributed by atoms with Gasteiger partial charge in [-0.2, -0.15) is 13.2 Å². The molecule has 0 saturated carbocycles. The number of aromatic nitrogens is 2. The van der Waals surface area contributed by atoms with Gasteiger partial charge < -0.3 is 10.1 Å². The summed E-state index contributed by atoms with van der Waals surface area (Å²) in [6.07, 6.45) is -3.25. The standard InChI is InChI=1S/C24H14ClF4N3O3/c1-35-21-11-30-19-7-3-12(9-20(19)32-21)22(33)15-10-14(4-6-18(15)26)31-23(34)13-2-5-16(17(25)8-13)24(27,28)29/h2-11H,1H3,(H,31,34). The molecule has 0 aliphatic carbocycles. The second-order valence-corrected chi connectivity index (χ2v) is 7.69. The number of fused-ring (bicyclic) bond motifs is 1. The third-order valence-corrected chi connectivity index (χ3v) is 5.31. The maximum absolute atomic E-state index is 14.5. The van der Waals surface area contributed by atoms with Crippen molar-refractivity contribution >= 4 is 40.0 Å². The predicted molar refractivity (Wildman–Crippen MR) is 120 cm³/mol. The fraction of sp³-hybridized carbons (Fsp3) is 0.0833. The van der Waals surface area contributed by atoms with Crippen LogP contribution in [0.1, 0.15) is 31.8 Å². The quantitative estimate of drug-likeness (QED) is 0.269. The third kappa shape index (κ3) is 5.07. The molecule has 0 aliphatic rings. The SMILES string of the molecule is COc1cnc2ccc(C(=O)c3cc(NC(=O)c4ccc(C(F)(F)F)c(Cl)c4)ccc3F)cc2n1. The molecule has 0 aliphatic heterocycles. The summed E-state index contributed by atoms with van der Waals surface area (Å²) in [6, 6.07) is 10.3. The average Bonchev–Trinajstić information content (AvgIpc) is 2.83. The molecule has 0 spiro atoms. The van der Waals surface area contributed by atoms with Crippen molar-refractivity contribution in [2.24, 2.45) is 0 Å². The molecule has 1 aromatic heterocycles. The van der Waals surface area contributed by atoms with Crippen LogP contribution >= 0.6 is 11.6 Å². The van der Waals surface area contributed by atoms with Crippen LogP contribution in [0.15, 0.2) is 60.8 Å². The summed E-state index contributed by atoms with van der Waals surface area (Å²) in [4.78, 5) is 33.9. The van der Waals surface area contributed by atoms with Gasteiger partial charge in [0.2, 0.25) is 5.88 Å². The number of nitrogens with zero attached hydrogens (tertiary/aromatic N) is 2. The van der Waals surface area contributed by atoms with Gasteiger partial charge in [0.15, 0.2) is 5.78 Å². The first-order valence-corrected chi connectivity index (χ1v) is 10.3. The van der Waals surface area contributed by atoms with Crippen LogP contribution in [0.3, 0.4) is 0 Å². The van der Waals surface area contributed by atoms with E-state index in [1.807, 2.05) is 0 Å². The lowest BCUT2D eigenvalue weighted by atomic mass is 10.0. The summed E-state index contributed by atoms with van der Waals surface area (Å²) < 4.78 is 58.2. The van der Waals surface area contributed by atoms with Gasteiger partial charge in [-0.05, 0) is 54.6 Å². The Morgan fingerprint density at radius 1 is 0.971 bits per heavy atom. The highest BCUT2D eigenvalue weighted by Gasteiger charge is 2.33. The molecule has 0 saturated heterocycles. The Labute approximate surface area is 200 Å². The molecular weight excluding hydrogens is 490 g/mol. The van der Waals surface area contributed by atoms with Crippen LogP contribution in [0, 0.1) is 5.82 Å². The van der Waals surface area contributed by atoms with Crippen LogP contribution in [-0.2, 0) is 6.18 Å². The first kappa shape index (κ1) is 24.1. The van der Waals surface area contributed by atoms with Crippen molar-refractivity contribution in [1.82, 2.24) is 9.97 Å². The molecule has 1 amide bonds. The Morgan fingerprint density at radius 3 is 2.40 bits per heavy atom. The number of amides is 1. The highest BCUT2D eigenvalue weighted by molar-refractivity contribution is 6.32. The Bertz CT molecular complexity index is 1470. The van der Waals surface area contributed by atoms with E-state index in [0.717, 1.165) is 24.3 Å². The number of anilines is 1. The molecule has 0 unspecified atom stereocenters. The minimum absolute atomic E-state index is 0.0537. The van der Waals surface area contributed by atoms with E-state index in [-0.39, 0.29) is 28.3 Å². The van der Waals surface area contributed by atoms with Crippen molar-refractivity contribution in [3.63, 3.8) is 0 Å². The van der Waals surface area contributed by atoms with E-state index in [1.165, 1.54) is 31.5 Å². The fourth-order valence-corrected chi connectivity index (χ4v) is 3.54. The molecule has 6 nitrogen and oxygen atoms in total. The van der Waals surface area contributed by atoms with Crippen LogP contribution in [0.4, 0.5) is 23.2 Å². The number of methoxy groups -OCH3 is 1. The second-order valence-electron chi connectivity index (χ2n) is 7.29. The molecule has 0 atom stereocenters. The number of ketones is 1. The number of hydrogen-bond donors (Lipinski definition) is 1. The van der Waals surface area contributed by atoms with Crippen LogP contribution in [-0.4, -0.2) is 28.8 Å². The molecule has 11 heteroatoms. The number of carbonyl (C=O) groups is 2. The number of benzene rings is 3. The maximum atomic E-state index is 14.5. The van der Waals surface area contributed by atoms with Gasteiger partial charge in [-0.25, -0.2) is 14.4 Å². The van der Waals surface area contributed by atoms with Gasteiger partial charge in [0.25, 0.3) is 5.91 Å². The molecule has 3 aromatic carbocycles. The number of rotatable bonds is 5. The molecule has 1 heterocycles. The first-order valence-electron chi connectivity index (χ1n) is 9.90. The fourth-order valence-electron chi connectivity index (χ4n) is 3.26. The van der Waals surface area contributed by atoms with Crippen LogP contribution in [0.5, 0.6) is 5.88 Å². The summed E-state index contributed by atoms with van der Waals surface area (Å²) in [7, 11) is 1.42. The summed E-state index contributed by atoms with van der Waals surface area (Å²) in [6.45, 7) is 0. The van der Waals surface area contributed by atoms with Crippen LogP contribution < -0.4 is 10.1 Å². The van der Waals surface area contributed by atoms with Gasteiger partial charge in [0.05, 0.1) is 40.5 Å². The summed E-state index contributed by atoms with van der Waals surface area (Å²) in [5.74, 6) is -2.06. The first-order chi connectivity index (χ1) is 16.6. The zero-order chi connectivity index (χ0) is 25.3. The van der Waals surface area contributed by atoms with Gasteiger partial charge in [0, 0.05) is 16.8 Å². The number of ether oxygens (including phenoxy) is 1. The van der Waals surface area contributed by atoms with Crippen molar-refractivity contribution in [1.29, 1.82) is 0 Å². The van der Waals surface area contributed by atoms with E-state index in [1.54, 1.807) is 6.07 Å². The van der Waals surface area contributed by atoms with Crippen molar-refractivity contribution in [2.75, 3.05) is 12.4 Å². The van der Waals surface area contributed by atoms with Crippen molar-refractivity contribution < 1.29 is 31.9 Å². The predicted octanol–water partition coefficient (Wildman–Crippen LogP) is 5.93. The van der Waals surface area contributed by atoms with Gasteiger partial charge in [0.1, 0.15) is 5.82 Å². The molecule has 35 heavy (non-hydrogen) atoms. The minimum atomic E-state index is -4.67. The number of alkyl halides is 3. The Kier molecular flexibility index (Phi) is 6.40. The zero-order valence-electron chi connectivity index (χ0n) is 17.8. The average molecular weight is 504 g/mol. The summed E-state index contributed by atoms with van der Waals surface area (Å²) in [5.41, 5.74) is -0.526. The van der Waals surface area contributed by atoms with Gasteiger partial charge in [-0.1, -0.05) is 11.6 Å². The van der Waals surface area contributed by atoms with Crippen LogP contribution in [0.2, 0.25) is 5.02 Å². The number of carbonyl (C=O) groups excluding carboxylic acids is 2. The lowest BCUT2D eigenvalue weighted by molar-refractivity contribution is -0.137. The molecule has 4 rings (SSSR count). The second kappa shape index (κ2) is 9.30. The highest BCUT2D eigenvalue weighted by atomic mass is 35.5. The number of hydrogen-bond acceptors (Lipinski definition) is 5. The molecule has 178 valence electrons. The number of halogens is 5. The molecule has 1 N–H and O–H groups in total. The van der Waals surface area contributed by atoms with Crippen molar-refractivity contribution in [2.45, 2.75) is 6.18 Å². The van der Waals surface area contributed by atoms with Crippen molar-refractivity contribution in [3.05, 3.63) is 93.9 Å². The smallest absolute Gasteiger partial charge is 0.417 e. The van der Waals surface area contributed by atoms with E-state index in [9.17, 15) is 27.2 Å².